The van der Waals surface area contributed by atoms with Gasteiger partial charge in [0.2, 0.25) is 10.0 Å². The highest BCUT2D eigenvalue weighted by Gasteiger charge is 2.16. The van der Waals surface area contributed by atoms with Crippen molar-refractivity contribution in [1.82, 2.24) is 4.72 Å². The summed E-state index contributed by atoms with van der Waals surface area (Å²) in [6.07, 6.45) is 0. The molecule has 0 aliphatic heterocycles. The lowest BCUT2D eigenvalue weighted by atomic mass is 10.0. The molecule has 0 fully saturated rings. The summed E-state index contributed by atoms with van der Waals surface area (Å²) >= 11 is 0. The van der Waals surface area contributed by atoms with Gasteiger partial charge in [-0.2, -0.15) is 0 Å². The smallest absolute Gasteiger partial charge is 0.213 e. The van der Waals surface area contributed by atoms with Crippen molar-refractivity contribution in [3.63, 3.8) is 0 Å². The summed E-state index contributed by atoms with van der Waals surface area (Å²) in [5.74, 6) is 0.170. The molecule has 1 unspecified atom stereocenters. The van der Waals surface area contributed by atoms with Gasteiger partial charge < -0.3 is 0 Å². The minimum absolute atomic E-state index is 0.170. The van der Waals surface area contributed by atoms with Crippen LogP contribution in [0.15, 0.2) is 24.3 Å². The molecule has 0 spiro atoms. The second kappa shape index (κ2) is 5.46. The predicted molar refractivity (Wildman–Crippen MR) is 65.8 cm³/mol. The van der Waals surface area contributed by atoms with E-state index in [0.29, 0.717) is 6.54 Å². The van der Waals surface area contributed by atoms with Crippen molar-refractivity contribution in [2.45, 2.75) is 31.9 Å². The molecule has 0 aromatic heterocycles. The number of rotatable bonds is 5. The third kappa shape index (κ3) is 3.61. The van der Waals surface area contributed by atoms with Gasteiger partial charge in [-0.05, 0) is 31.4 Å². The lowest BCUT2D eigenvalue weighted by molar-refractivity contribution is 0.566. The Hall–Kier alpha value is -0.870. The predicted octanol–water partition coefficient (Wildman–Crippen LogP) is 1.92. The zero-order valence-electron chi connectivity index (χ0n) is 9.90. The van der Waals surface area contributed by atoms with Gasteiger partial charge in [-0.15, -0.1) is 0 Å². The van der Waals surface area contributed by atoms with E-state index in [1.165, 1.54) is 0 Å². The maximum absolute atomic E-state index is 11.5. The lowest BCUT2D eigenvalue weighted by Gasteiger charge is -2.14. The van der Waals surface area contributed by atoms with Gasteiger partial charge in [0.25, 0.3) is 0 Å². The highest BCUT2D eigenvalue weighted by molar-refractivity contribution is 7.90. The van der Waals surface area contributed by atoms with Crippen molar-refractivity contribution in [1.29, 1.82) is 0 Å². The Morgan fingerprint density at radius 2 is 1.81 bits per heavy atom. The first-order chi connectivity index (χ1) is 7.43. The molecule has 0 amide bonds. The highest BCUT2D eigenvalue weighted by Crippen LogP contribution is 2.13. The van der Waals surface area contributed by atoms with E-state index in [-0.39, 0.29) is 11.2 Å². The molecule has 0 bridgehead atoms. The largest absolute Gasteiger partial charge is 0.214 e. The molecule has 3 nitrogen and oxygen atoms in total. The molecule has 0 saturated heterocycles. The van der Waals surface area contributed by atoms with Crippen molar-refractivity contribution in [2.24, 2.45) is 0 Å². The summed E-state index contributed by atoms with van der Waals surface area (Å²) in [6, 6.07) is 10.5. The fourth-order valence-corrected chi connectivity index (χ4v) is 2.07. The van der Waals surface area contributed by atoms with Gasteiger partial charge >= 0.3 is 0 Å². The average molecular weight is 240 g/mol. The molecule has 0 aliphatic rings. The van der Waals surface area contributed by atoms with Crippen LogP contribution in [0.25, 0.3) is 0 Å². The molecule has 1 aromatic rings. The summed E-state index contributed by atoms with van der Waals surface area (Å²) < 4.78 is 25.7. The molecule has 1 radical (unpaired) electrons. The molecular weight excluding hydrogens is 222 g/mol. The molecule has 89 valence electrons. The second-order valence-electron chi connectivity index (χ2n) is 4.18. The molecule has 0 heterocycles. The van der Waals surface area contributed by atoms with Gasteiger partial charge in [-0.1, -0.05) is 31.2 Å². The minimum atomic E-state index is -3.16. The Morgan fingerprint density at radius 1 is 1.25 bits per heavy atom. The van der Waals surface area contributed by atoms with Crippen LogP contribution in [0.4, 0.5) is 0 Å². The van der Waals surface area contributed by atoms with E-state index < -0.39 is 10.0 Å². The van der Waals surface area contributed by atoms with Crippen LogP contribution in [0.5, 0.6) is 0 Å². The molecule has 16 heavy (non-hydrogen) atoms. The summed E-state index contributed by atoms with van der Waals surface area (Å²) in [7, 11) is -3.16. The van der Waals surface area contributed by atoms with Gasteiger partial charge in [0, 0.05) is 6.54 Å². The van der Waals surface area contributed by atoms with E-state index in [2.05, 4.69) is 10.8 Å². The van der Waals surface area contributed by atoms with E-state index in [9.17, 15) is 8.42 Å². The quantitative estimate of drug-likeness (QED) is 0.854. The van der Waals surface area contributed by atoms with Crippen LogP contribution in [0.3, 0.4) is 0 Å². The first kappa shape index (κ1) is 13.2. The summed E-state index contributed by atoms with van der Waals surface area (Å²) in [6.45, 7) is 5.78. The molecule has 1 N–H and O–H groups in total. The Labute approximate surface area is 97.9 Å². The number of benzene rings is 1. The topological polar surface area (TPSA) is 46.2 Å². The van der Waals surface area contributed by atoms with Crippen LogP contribution < -0.4 is 4.72 Å². The molecule has 1 aromatic carbocycles. The molecule has 0 saturated carbocycles. The van der Waals surface area contributed by atoms with Crippen molar-refractivity contribution >= 4 is 10.0 Å². The van der Waals surface area contributed by atoms with Crippen LogP contribution in [-0.2, 0) is 10.0 Å². The Kier molecular flexibility index (Phi) is 4.50. The van der Waals surface area contributed by atoms with Gasteiger partial charge in [-0.3, -0.25) is 0 Å². The van der Waals surface area contributed by atoms with Crippen LogP contribution in [0.2, 0.25) is 0 Å². The third-order valence-corrected chi connectivity index (χ3v) is 4.33. The monoisotopic (exact) mass is 240 g/mol. The van der Waals surface area contributed by atoms with Gasteiger partial charge in [0.05, 0.1) is 5.25 Å². The van der Waals surface area contributed by atoms with E-state index in [0.717, 1.165) is 5.56 Å². The molecular formula is C12H18NO2S. The third-order valence-electron chi connectivity index (χ3n) is 2.52. The lowest BCUT2D eigenvalue weighted by Crippen LogP contribution is -2.33. The fourth-order valence-electron chi connectivity index (χ4n) is 1.25. The van der Waals surface area contributed by atoms with E-state index in [1.54, 1.807) is 13.8 Å². The van der Waals surface area contributed by atoms with E-state index in [4.69, 9.17) is 0 Å². The van der Waals surface area contributed by atoms with Gasteiger partial charge in [0.15, 0.2) is 0 Å². The van der Waals surface area contributed by atoms with Crippen molar-refractivity contribution in [2.75, 3.05) is 6.54 Å². The Balaban J connectivity index is 2.58. The number of nitrogens with one attached hydrogen (secondary N) is 1. The standard InChI is InChI=1S/C12H18NO2S/c1-10(2)16(14,15)13-9-11(3)12-7-5-4-6-8-12/h5-8,10-11,13H,9H2,1-3H3. The summed E-state index contributed by atoms with van der Waals surface area (Å²) in [4.78, 5) is 0. The number of hydrogen-bond acceptors (Lipinski definition) is 2. The average Bonchev–Trinajstić information content (AvgIpc) is 2.27. The zero-order valence-corrected chi connectivity index (χ0v) is 10.7. The number of sulfonamides is 1. The Morgan fingerprint density at radius 3 is 2.31 bits per heavy atom. The normalized spacial score (nSPS) is 14.0. The van der Waals surface area contributed by atoms with Crippen molar-refractivity contribution < 1.29 is 8.42 Å². The second-order valence-corrected chi connectivity index (χ2v) is 6.50. The molecule has 4 heteroatoms. The van der Waals surface area contributed by atoms with Crippen LogP contribution in [0.1, 0.15) is 32.3 Å². The van der Waals surface area contributed by atoms with Crippen LogP contribution in [0, 0.1) is 6.07 Å². The van der Waals surface area contributed by atoms with Gasteiger partial charge in [0.1, 0.15) is 0 Å². The molecule has 0 aliphatic carbocycles. The number of hydrogen-bond donors (Lipinski definition) is 1. The fraction of sp³-hybridized carbons (Fsp3) is 0.500. The summed E-state index contributed by atoms with van der Waals surface area (Å²) in [5, 5.41) is -0.385. The molecule has 1 atom stereocenters. The van der Waals surface area contributed by atoms with Crippen molar-refractivity contribution in [3.8, 4) is 0 Å². The SMILES string of the molecule is CC(CNS(=O)(=O)C(C)C)c1cc[c]cc1. The molecule has 1 rings (SSSR count). The van der Waals surface area contributed by atoms with Crippen LogP contribution >= 0.6 is 0 Å². The van der Waals surface area contributed by atoms with E-state index in [1.807, 2.05) is 31.2 Å². The Bertz CT molecular complexity index is 412. The highest BCUT2D eigenvalue weighted by atomic mass is 32.2. The minimum Gasteiger partial charge on any atom is -0.214 e. The van der Waals surface area contributed by atoms with Crippen molar-refractivity contribution in [3.05, 3.63) is 35.9 Å². The van der Waals surface area contributed by atoms with E-state index >= 15 is 0 Å². The maximum atomic E-state index is 11.5. The first-order valence-corrected chi connectivity index (χ1v) is 6.92. The van der Waals surface area contributed by atoms with Gasteiger partial charge in [-0.25, -0.2) is 13.1 Å². The zero-order chi connectivity index (χ0) is 12.2. The van der Waals surface area contributed by atoms with Crippen LogP contribution in [-0.4, -0.2) is 20.2 Å². The maximum Gasteiger partial charge on any atom is 0.213 e. The summed E-state index contributed by atoms with van der Waals surface area (Å²) in [5.41, 5.74) is 1.12. The first-order valence-electron chi connectivity index (χ1n) is 5.38.